The van der Waals surface area contributed by atoms with Crippen molar-refractivity contribution in [2.45, 2.75) is 25.2 Å². The van der Waals surface area contributed by atoms with E-state index in [1.54, 1.807) is 13.3 Å². The molecule has 18 heavy (non-hydrogen) atoms. The lowest BCUT2D eigenvalue weighted by Gasteiger charge is -2.25. The van der Waals surface area contributed by atoms with E-state index in [1.165, 1.54) is 0 Å². The van der Waals surface area contributed by atoms with Crippen LogP contribution in [0.15, 0.2) is 24.4 Å². The highest BCUT2D eigenvalue weighted by molar-refractivity contribution is 5.11. The van der Waals surface area contributed by atoms with Crippen molar-refractivity contribution in [3.63, 3.8) is 0 Å². The number of ether oxygens (including phenoxy) is 4. The monoisotopic (exact) mass is 253 g/mol. The molecule has 1 saturated heterocycles. The number of methoxy groups -OCH3 is 1. The molecule has 1 aliphatic heterocycles. The molecule has 2 atom stereocenters. The molecule has 0 aromatic carbocycles. The van der Waals surface area contributed by atoms with E-state index in [0.717, 1.165) is 5.69 Å². The van der Waals surface area contributed by atoms with Crippen molar-refractivity contribution in [2.24, 2.45) is 0 Å². The molecule has 5 nitrogen and oxygen atoms in total. The summed E-state index contributed by atoms with van der Waals surface area (Å²) in [7, 11) is 1.59. The third-order valence-corrected chi connectivity index (χ3v) is 2.88. The predicted octanol–water partition coefficient (Wildman–Crippen LogP) is 1.68. The van der Waals surface area contributed by atoms with Gasteiger partial charge in [0.1, 0.15) is 12.9 Å². The van der Waals surface area contributed by atoms with Gasteiger partial charge in [-0.25, -0.2) is 0 Å². The summed E-state index contributed by atoms with van der Waals surface area (Å²) in [5.41, 5.74) is 0.807. The second-order valence-corrected chi connectivity index (χ2v) is 4.15. The molecule has 5 heteroatoms. The van der Waals surface area contributed by atoms with Crippen LogP contribution in [0.1, 0.15) is 19.0 Å². The first-order chi connectivity index (χ1) is 8.80. The fourth-order valence-electron chi connectivity index (χ4n) is 2.00. The van der Waals surface area contributed by atoms with E-state index < -0.39 is 5.79 Å². The summed E-state index contributed by atoms with van der Waals surface area (Å²) in [6.45, 7) is 3.26. The Morgan fingerprint density at radius 1 is 1.50 bits per heavy atom. The van der Waals surface area contributed by atoms with Gasteiger partial charge in [0.25, 0.3) is 0 Å². The third-order valence-electron chi connectivity index (χ3n) is 2.88. The predicted molar refractivity (Wildman–Crippen MR) is 64.9 cm³/mol. The zero-order valence-corrected chi connectivity index (χ0v) is 10.8. The Balaban J connectivity index is 1.99. The van der Waals surface area contributed by atoms with Gasteiger partial charge in [0, 0.05) is 19.7 Å². The number of hydrogen-bond donors (Lipinski definition) is 0. The molecule has 0 amide bonds. The molecule has 0 spiro atoms. The maximum atomic E-state index is 5.97. The molecule has 0 radical (unpaired) electrons. The maximum absolute atomic E-state index is 5.97. The average molecular weight is 253 g/mol. The van der Waals surface area contributed by atoms with Crippen LogP contribution in [-0.2, 0) is 24.7 Å². The molecule has 2 heterocycles. The highest BCUT2D eigenvalue weighted by Gasteiger charge is 2.42. The number of pyridine rings is 1. The van der Waals surface area contributed by atoms with Crippen molar-refractivity contribution in [1.29, 1.82) is 0 Å². The van der Waals surface area contributed by atoms with Crippen LogP contribution in [-0.4, -0.2) is 38.2 Å². The molecule has 0 bridgehead atoms. The van der Waals surface area contributed by atoms with E-state index in [1.807, 2.05) is 25.1 Å². The highest BCUT2D eigenvalue weighted by atomic mass is 16.8. The van der Waals surface area contributed by atoms with E-state index in [9.17, 15) is 0 Å². The Labute approximate surface area is 107 Å². The number of rotatable bonds is 6. The summed E-state index contributed by atoms with van der Waals surface area (Å²) in [6.07, 6.45) is 2.38. The van der Waals surface area contributed by atoms with Gasteiger partial charge < -0.3 is 18.9 Å². The Kier molecular flexibility index (Phi) is 4.66. The van der Waals surface area contributed by atoms with Crippen LogP contribution in [0.3, 0.4) is 0 Å². The molecule has 100 valence electrons. The topological polar surface area (TPSA) is 49.8 Å². The Morgan fingerprint density at radius 3 is 3.06 bits per heavy atom. The Morgan fingerprint density at radius 2 is 2.39 bits per heavy atom. The molecule has 1 aromatic rings. The van der Waals surface area contributed by atoms with E-state index in [4.69, 9.17) is 18.9 Å². The van der Waals surface area contributed by atoms with Crippen LogP contribution in [0.25, 0.3) is 0 Å². The van der Waals surface area contributed by atoms with Crippen molar-refractivity contribution >= 4 is 0 Å². The second kappa shape index (κ2) is 6.24. The van der Waals surface area contributed by atoms with Gasteiger partial charge in [-0.3, -0.25) is 4.98 Å². The number of hydrogen-bond acceptors (Lipinski definition) is 5. The first-order valence-electron chi connectivity index (χ1n) is 6.10. The quantitative estimate of drug-likeness (QED) is 0.570. The molecule has 2 rings (SSSR count). The first-order valence-corrected chi connectivity index (χ1v) is 6.10. The van der Waals surface area contributed by atoms with Crippen molar-refractivity contribution in [3.8, 4) is 0 Å². The largest absolute Gasteiger partial charge is 0.359 e. The minimum atomic E-state index is -0.734. The van der Waals surface area contributed by atoms with Crippen molar-refractivity contribution in [2.75, 3.05) is 27.1 Å². The standard InChI is InChI=1S/C13H19NO4/c1-3-13(12-6-4-5-7-14-12)17-9-11(18-13)8-16-10-15-2/h4-7,11H,3,8-10H2,1-2H3. The SMILES string of the molecule is CCC1(c2ccccn2)OCC(COCOC)O1. The summed E-state index contributed by atoms with van der Waals surface area (Å²) in [6, 6.07) is 5.73. The fourth-order valence-corrected chi connectivity index (χ4v) is 2.00. The second-order valence-electron chi connectivity index (χ2n) is 4.15. The van der Waals surface area contributed by atoms with E-state index in [0.29, 0.717) is 19.6 Å². The molecular weight excluding hydrogens is 234 g/mol. The highest BCUT2D eigenvalue weighted by Crippen LogP contribution is 2.35. The van der Waals surface area contributed by atoms with Crippen LogP contribution >= 0.6 is 0 Å². The molecule has 0 saturated carbocycles. The maximum Gasteiger partial charge on any atom is 0.212 e. The molecule has 1 fully saturated rings. The Bertz CT molecular complexity index is 359. The molecular formula is C13H19NO4. The number of aromatic nitrogens is 1. The van der Waals surface area contributed by atoms with Gasteiger partial charge in [0.05, 0.1) is 18.9 Å². The summed E-state index contributed by atoms with van der Waals surface area (Å²) in [5.74, 6) is -0.734. The van der Waals surface area contributed by atoms with E-state index in [-0.39, 0.29) is 12.9 Å². The van der Waals surface area contributed by atoms with Gasteiger partial charge in [-0.1, -0.05) is 13.0 Å². The van der Waals surface area contributed by atoms with Crippen molar-refractivity contribution in [3.05, 3.63) is 30.1 Å². The Hall–Kier alpha value is -1.01. The lowest BCUT2D eigenvalue weighted by molar-refractivity contribution is -0.189. The van der Waals surface area contributed by atoms with Crippen molar-refractivity contribution < 1.29 is 18.9 Å². The van der Waals surface area contributed by atoms with Gasteiger partial charge in [-0.2, -0.15) is 0 Å². The molecule has 1 aliphatic rings. The van der Waals surface area contributed by atoms with E-state index in [2.05, 4.69) is 4.98 Å². The van der Waals surface area contributed by atoms with Crippen LogP contribution in [0.2, 0.25) is 0 Å². The van der Waals surface area contributed by atoms with Gasteiger partial charge in [-0.15, -0.1) is 0 Å². The molecule has 0 aliphatic carbocycles. The number of nitrogens with zero attached hydrogens (tertiary/aromatic N) is 1. The summed E-state index contributed by atoms with van der Waals surface area (Å²) in [5, 5.41) is 0. The zero-order valence-electron chi connectivity index (χ0n) is 10.8. The molecule has 0 N–H and O–H groups in total. The van der Waals surface area contributed by atoms with E-state index >= 15 is 0 Å². The normalized spacial score (nSPS) is 27.6. The van der Waals surface area contributed by atoms with Crippen LogP contribution < -0.4 is 0 Å². The summed E-state index contributed by atoms with van der Waals surface area (Å²) >= 11 is 0. The lowest BCUT2D eigenvalue weighted by atomic mass is 10.1. The van der Waals surface area contributed by atoms with Crippen molar-refractivity contribution in [1.82, 2.24) is 4.98 Å². The average Bonchev–Trinajstić information content (AvgIpc) is 2.85. The van der Waals surface area contributed by atoms with Gasteiger partial charge in [-0.05, 0) is 12.1 Å². The van der Waals surface area contributed by atoms with Gasteiger partial charge >= 0.3 is 0 Å². The molecule has 2 unspecified atom stereocenters. The molecule has 1 aromatic heterocycles. The minimum absolute atomic E-state index is 0.0814. The lowest BCUT2D eigenvalue weighted by Crippen LogP contribution is -2.29. The van der Waals surface area contributed by atoms with Crippen LogP contribution in [0, 0.1) is 0 Å². The van der Waals surface area contributed by atoms with Gasteiger partial charge in [0.2, 0.25) is 5.79 Å². The summed E-state index contributed by atoms with van der Waals surface area (Å²) < 4.78 is 21.9. The summed E-state index contributed by atoms with van der Waals surface area (Å²) in [4.78, 5) is 4.32. The fraction of sp³-hybridized carbons (Fsp3) is 0.615. The zero-order chi connectivity index (χ0) is 12.8. The van der Waals surface area contributed by atoms with Crippen LogP contribution in [0.5, 0.6) is 0 Å². The minimum Gasteiger partial charge on any atom is -0.359 e. The smallest absolute Gasteiger partial charge is 0.212 e. The van der Waals surface area contributed by atoms with Crippen LogP contribution in [0.4, 0.5) is 0 Å². The third kappa shape index (κ3) is 2.87. The first kappa shape index (κ1) is 13.4. The van der Waals surface area contributed by atoms with Gasteiger partial charge in [0.15, 0.2) is 0 Å².